The van der Waals surface area contributed by atoms with Crippen LogP contribution >= 0.6 is 24.8 Å². The standard InChI is InChI=1S/C23H29N3O6.C18H21N3O4.2ClH/c1-17(25-22(29)32-23(2,3)4)13-21(28)31-16-30-20(27)10-9-18-5-7-19(8-6-18)14-26-12-11-24-15-26;1-14(19)10-18(23)25-13-24-17(22)7-6-15-2-4-16(5-3-15)11-21-9-8-20-12-21;;/h5-12,15,17H,13-14,16H2,1-4H3,(H,25,29);2-9,12,14H,10-11,13,19H2,1H3;2*1H/b10-9+;7-6+;;. The summed E-state index contributed by atoms with van der Waals surface area (Å²) in [5.74, 6) is -2.34. The molecule has 320 valence electrons. The summed E-state index contributed by atoms with van der Waals surface area (Å²) >= 11 is 0. The lowest BCUT2D eigenvalue weighted by Gasteiger charge is -2.21. The van der Waals surface area contributed by atoms with Crippen molar-refractivity contribution in [3.63, 3.8) is 0 Å². The number of hydrogen-bond acceptors (Lipinski definition) is 13. The topological polar surface area (TPSA) is 205 Å². The smallest absolute Gasteiger partial charge is 0.407 e. The summed E-state index contributed by atoms with van der Waals surface area (Å²) < 4.78 is 28.3. The van der Waals surface area contributed by atoms with Crippen molar-refractivity contribution in [2.45, 2.75) is 78.2 Å². The van der Waals surface area contributed by atoms with Gasteiger partial charge in [0.25, 0.3) is 0 Å². The molecule has 59 heavy (non-hydrogen) atoms. The Kier molecular flexibility index (Phi) is 23.2. The molecule has 0 aliphatic carbocycles. The van der Waals surface area contributed by atoms with Gasteiger partial charge in [0.1, 0.15) is 5.60 Å². The van der Waals surface area contributed by atoms with E-state index in [4.69, 9.17) is 29.4 Å². The first-order chi connectivity index (χ1) is 27.1. The van der Waals surface area contributed by atoms with Crippen LogP contribution in [0.3, 0.4) is 0 Å². The zero-order chi connectivity index (χ0) is 41.6. The maximum Gasteiger partial charge on any atom is 0.407 e. The number of nitrogens with one attached hydrogen (secondary N) is 1. The van der Waals surface area contributed by atoms with E-state index in [1.54, 1.807) is 71.8 Å². The molecule has 3 N–H and O–H groups in total. The molecule has 0 saturated carbocycles. The molecule has 4 rings (SSSR count). The van der Waals surface area contributed by atoms with Crippen molar-refractivity contribution in [2.75, 3.05) is 13.6 Å². The second kappa shape index (κ2) is 26.9. The van der Waals surface area contributed by atoms with Gasteiger partial charge in [-0.1, -0.05) is 48.5 Å². The highest BCUT2D eigenvalue weighted by Gasteiger charge is 2.19. The van der Waals surface area contributed by atoms with E-state index in [2.05, 4.69) is 15.3 Å². The lowest BCUT2D eigenvalue weighted by molar-refractivity contribution is -0.166. The predicted octanol–water partition coefficient (Wildman–Crippen LogP) is 5.86. The number of halogens is 2. The average molecular weight is 860 g/mol. The first-order valence-corrected chi connectivity index (χ1v) is 18.0. The van der Waals surface area contributed by atoms with E-state index in [0.29, 0.717) is 6.54 Å². The number of imidazole rings is 2. The molecule has 2 aromatic carbocycles. The number of amides is 1. The number of nitrogens with zero attached hydrogens (tertiary/aromatic N) is 4. The van der Waals surface area contributed by atoms with Gasteiger partial charge in [-0.25, -0.2) is 24.4 Å². The summed E-state index contributed by atoms with van der Waals surface area (Å²) in [7, 11) is 0. The summed E-state index contributed by atoms with van der Waals surface area (Å²) in [5, 5.41) is 2.54. The molecule has 0 saturated heterocycles. The van der Waals surface area contributed by atoms with Gasteiger partial charge in [-0.3, -0.25) is 9.59 Å². The second-order valence-corrected chi connectivity index (χ2v) is 13.7. The molecule has 1 amide bonds. The fourth-order valence-corrected chi connectivity index (χ4v) is 4.57. The zero-order valence-electron chi connectivity index (χ0n) is 33.6. The monoisotopic (exact) mass is 858 g/mol. The predicted molar refractivity (Wildman–Crippen MR) is 224 cm³/mol. The van der Waals surface area contributed by atoms with Crippen LogP contribution in [0.15, 0.2) is 98.1 Å². The van der Waals surface area contributed by atoms with Gasteiger partial charge in [-0.05, 0) is 69.0 Å². The molecule has 0 aliphatic heterocycles. The SMILES string of the molecule is CC(CC(=O)OCOC(=O)/C=C/c1ccc(Cn2ccnc2)cc1)NC(=O)OC(C)(C)C.CC(N)CC(=O)OCOC(=O)/C=C/c1ccc(Cn2ccnc2)cc1.Cl.Cl. The number of carbonyl (C=O) groups is 5. The van der Waals surface area contributed by atoms with Gasteiger partial charge in [0.2, 0.25) is 13.6 Å². The molecule has 4 aromatic rings. The highest BCUT2D eigenvalue weighted by Crippen LogP contribution is 2.10. The first kappa shape index (κ1) is 51.0. The largest absolute Gasteiger partial charge is 0.444 e. The Morgan fingerprint density at radius 2 is 1.12 bits per heavy atom. The van der Waals surface area contributed by atoms with Crippen molar-refractivity contribution in [3.8, 4) is 0 Å². The fraction of sp³-hybridized carbons (Fsp3) is 0.341. The number of carbonyl (C=O) groups excluding carboxylic acids is 5. The minimum Gasteiger partial charge on any atom is -0.444 e. The van der Waals surface area contributed by atoms with Crippen LogP contribution in [-0.2, 0) is 56.0 Å². The van der Waals surface area contributed by atoms with E-state index in [1.165, 1.54) is 12.2 Å². The Morgan fingerprint density at radius 3 is 1.49 bits per heavy atom. The first-order valence-electron chi connectivity index (χ1n) is 18.0. The van der Waals surface area contributed by atoms with Gasteiger partial charge in [0, 0.05) is 62.1 Å². The third-order valence-electron chi connectivity index (χ3n) is 7.20. The van der Waals surface area contributed by atoms with E-state index >= 15 is 0 Å². The van der Waals surface area contributed by atoms with Crippen molar-refractivity contribution in [1.82, 2.24) is 24.4 Å². The van der Waals surface area contributed by atoms with Crippen LogP contribution in [0.2, 0.25) is 0 Å². The van der Waals surface area contributed by atoms with Gasteiger partial charge < -0.3 is 43.9 Å². The van der Waals surface area contributed by atoms with Crippen LogP contribution in [-0.4, -0.2) is 80.3 Å². The van der Waals surface area contributed by atoms with Gasteiger partial charge in [0.05, 0.1) is 25.5 Å². The number of benzene rings is 2. The lowest BCUT2D eigenvalue weighted by atomic mass is 10.1. The summed E-state index contributed by atoms with van der Waals surface area (Å²) in [6.45, 7) is 9.08. The molecule has 0 radical (unpaired) electrons. The fourth-order valence-electron chi connectivity index (χ4n) is 4.57. The molecule has 2 unspecified atom stereocenters. The third-order valence-corrected chi connectivity index (χ3v) is 7.20. The summed E-state index contributed by atoms with van der Waals surface area (Å²) in [5.41, 5.74) is 8.75. The molecule has 18 heteroatoms. The van der Waals surface area contributed by atoms with Gasteiger partial charge in [-0.2, -0.15) is 0 Å². The Balaban J connectivity index is 0.000000586. The molecular formula is C41H52Cl2N6O10. The lowest BCUT2D eigenvalue weighted by Crippen LogP contribution is -2.38. The van der Waals surface area contributed by atoms with E-state index in [9.17, 15) is 24.0 Å². The number of ether oxygens (including phenoxy) is 5. The Bertz CT molecular complexity index is 1910. The number of hydrogen-bond donors (Lipinski definition) is 2. The number of nitrogens with two attached hydrogens (primary N) is 1. The minimum atomic E-state index is -0.639. The Hall–Kier alpha value is -5.97. The van der Waals surface area contributed by atoms with Gasteiger partial charge in [0.15, 0.2) is 0 Å². The van der Waals surface area contributed by atoms with E-state index in [-0.39, 0.29) is 43.7 Å². The Morgan fingerprint density at radius 1 is 0.695 bits per heavy atom. The van der Waals surface area contributed by atoms with Crippen molar-refractivity contribution in [2.24, 2.45) is 5.73 Å². The van der Waals surface area contributed by atoms with Gasteiger partial charge >= 0.3 is 30.0 Å². The van der Waals surface area contributed by atoms with Crippen molar-refractivity contribution in [1.29, 1.82) is 0 Å². The molecular weight excluding hydrogens is 807 g/mol. The minimum absolute atomic E-state index is 0. The van der Waals surface area contributed by atoms with Crippen LogP contribution < -0.4 is 11.1 Å². The zero-order valence-corrected chi connectivity index (χ0v) is 35.2. The van der Waals surface area contributed by atoms with Crippen LogP contribution in [0.1, 0.15) is 69.7 Å². The number of aromatic nitrogens is 4. The maximum atomic E-state index is 11.8. The molecule has 2 aromatic heterocycles. The van der Waals surface area contributed by atoms with Crippen molar-refractivity contribution >= 4 is 66.9 Å². The van der Waals surface area contributed by atoms with Crippen LogP contribution in [0.4, 0.5) is 4.79 Å². The summed E-state index contributed by atoms with van der Waals surface area (Å²) in [4.78, 5) is 66.1. The average Bonchev–Trinajstić information content (AvgIpc) is 3.85. The molecule has 16 nitrogen and oxygen atoms in total. The highest BCUT2D eigenvalue weighted by atomic mass is 35.5. The summed E-state index contributed by atoms with van der Waals surface area (Å²) in [6.07, 6.45) is 15.9. The Labute approximate surface area is 355 Å². The normalized spacial score (nSPS) is 11.8. The molecule has 0 bridgehead atoms. The van der Waals surface area contributed by atoms with Crippen LogP contribution in [0.5, 0.6) is 0 Å². The van der Waals surface area contributed by atoms with Gasteiger partial charge in [-0.15, -0.1) is 24.8 Å². The molecule has 2 atom stereocenters. The molecule has 0 spiro atoms. The maximum absolute atomic E-state index is 11.8. The van der Waals surface area contributed by atoms with E-state index < -0.39 is 55.2 Å². The van der Waals surface area contributed by atoms with Crippen molar-refractivity contribution in [3.05, 3.63) is 120 Å². The van der Waals surface area contributed by atoms with Crippen LogP contribution in [0.25, 0.3) is 12.2 Å². The van der Waals surface area contributed by atoms with E-state index in [0.717, 1.165) is 28.8 Å². The second-order valence-electron chi connectivity index (χ2n) is 13.7. The molecule has 2 heterocycles. The third kappa shape index (κ3) is 23.1. The quantitative estimate of drug-likeness (QED) is 0.0553. The number of rotatable bonds is 17. The van der Waals surface area contributed by atoms with E-state index in [1.807, 2.05) is 70.1 Å². The summed E-state index contributed by atoms with van der Waals surface area (Å²) in [6, 6.07) is 14.6. The number of alkyl carbamates (subject to hydrolysis) is 1. The molecule has 0 aliphatic rings. The number of esters is 4. The highest BCUT2D eigenvalue weighted by molar-refractivity contribution is 5.87. The molecule has 0 fully saturated rings. The van der Waals surface area contributed by atoms with Crippen LogP contribution in [0, 0.1) is 0 Å². The van der Waals surface area contributed by atoms with Crippen molar-refractivity contribution < 1.29 is 47.7 Å².